The van der Waals surface area contributed by atoms with Crippen molar-refractivity contribution in [3.63, 3.8) is 0 Å². The molecule has 0 amide bonds. The minimum absolute atomic E-state index is 0.0136. The van der Waals surface area contributed by atoms with Crippen LogP contribution < -0.4 is 10.6 Å². The molecular weight excluding hydrogens is 332 g/mol. The Hall–Kier alpha value is -2.71. The molecule has 4 N–H and O–H groups in total. The van der Waals surface area contributed by atoms with Crippen molar-refractivity contribution in [1.82, 2.24) is 19.5 Å². The van der Waals surface area contributed by atoms with Crippen molar-refractivity contribution in [2.45, 2.75) is 26.0 Å². The number of anilines is 2. The maximum absolute atomic E-state index is 10.4. The highest BCUT2D eigenvalue weighted by Gasteiger charge is 2.16. The molecule has 0 bridgehead atoms. The zero-order valence-corrected chi connectivity index (χ0v) is 14.9. The van der Waals surface area contributed by atoms with Crippen LogP contribution in [0.1, 0.15) is 31.6 Å². The van der Waals surface area contributed by atoms with Crippen molar-refractivity contribution < 1.29 is 10.2 Å². The van der Waals surface area contributed by atoms with Gasteiger partial charge in [-0.2, -0.15) is 9.97 Å². The fourth-order valence-corrected chi connectivity index (χ4v) is 2.65. The van der Waals surface area contributed by atoms with Crippen LogP contribution in [0.3, 0.4) is 0 Å². The summed E-state index contributed by atoms with van der Waals surface area (Å²) in [5, 5.41) is 25.6. The van der Waals surface area contributed by atoms with Crippen LogP contribution in [0.2, 0.25) is 0 Å². The minimum Gasteiger partial charge on any atom is -0.395 e. The fraction of sp³-hybridized carbons (Fsp3) is 0.389. The van der Waals surface area contributed by atoms with E-state index in [-0.39, 0.29) is 12.6 Å². The lowest BCUT2D eigenvalue weighted by atomic mass is 10.1. The molecule has 138 valence electrons. The first-order chi connectivity index (χ1) is 12.6. The number of aliphatic hydroxyl groups is 2. The molecule has 0 saturated heterocycles. The van der Waals surface area contributed by atoms with Crippen molar-refractivity contribution in [2.24, 2.45) is 0 Å². The normalized spacial score (nSPS) is 12.5. The predicted octanol–water partition coefficient (Wildman–Crippen LogP) is 1.96. The van der Waals surface area contributed by atoms with Crippen molar-refractivity contribution in [3.8, 4) is 0 Å². The second-order valence-electron chi connectivity index (χ2n) is 6.27. The summed E-state index contributed by atoms with van der Waals surface area (Å²) in [5.74, 6) is 0.954. The maximum atomic E-state index is 10.4. The predicted molar refractivity (Wildman–Crippen MR) is 101 cm³/mol. The van der Waals surface area contributed by atoms with Gasteiger partial charge in [0, 0.05) is 19.1 Å². The lowest BCUT2D eigenvalue weighted by Gasteiger charge is -2.14. The van der Waals surface area contributed by atoms with Crippen LogP contribution in [0.4, 0.5) is 11.8 Å². The van der Waals surface area contributed by atoms with E-state index in [0.29, 0.717) is 36.0 Å². The number of benzene rings is 1. The molecule has 0 aliphatic heterocycles. The first-order valence-electron chi connectivity index (χ1n) is 8.66. The summed E-state index contributed by atoms with van der Waals surface area (Å²) in [6, 6.07) is 9.65. The monoisotopic (exact) mass is 356 g/mol. The minimum atomic E-state index is -0.665. The standard InChI is InChI=1S/C18H24N6O2/c1-12(2)24-11-21-15-16(22-18(19-8-9-25)23-17(15)24)20-10-14(26)13-6-4-3-5-7-13/h3-7,11-12,14,25-26H,8-10H2,1-2H3,(H2,19,20,22,23)/t14-/m1/s1. The summed E-state index contributed by atoms with van der Waals surface area (Å²) in [4.78, 5) is 13.4. The van der Waals surface area contributed by atoms with Gasteiger partial charge >= 0.3 is 0 Å². The molecule has 3 aromatic rings. The summed E-state index contributed by atoms with van der Waals surface area (Å²) < 4.78 is 1.96. The molecule has 8 nitrogen and oxygen atoms in total. The van der Waals surface area contributed by atoms with Gasteiger partial charge in [0.05, 0.1) is 19.0 Å². The molecule has 26 heavy (non-hydrogen) atoms. The molecule has 2 aromatic heterocycles. The molecule has 8 heteroatoms. The van der Waals surface area contributed by atoms with Gasteiger partial charge in [-0.3, -0.25) is 0 Å². The summed E-state index contributed by atoms with van der Waals surface area (Å²) in [6.07, 6.45) is 1.07. The molecular formula is C18H24N6O2. The largest absolute Gasteiger partial charge is 0.395 e. The summed E-state index contributed by atoms with van der Waals surface area (Å²) in [6.45, 7) is 4.74. The zero-order valence-electron chi connectivity index (χ0n) is 14.9. The molecule has 0 unspecified atom stereocenters. The molecule has 0 aliphatic rings. The van der Waals surface area contributed by atoms with E-state index in [0.717, 1.165) is 5.56 Å². The van der Waals surface area contributed by atoms with Crippen LogP contribution in [-0.2, 0) is 0 Å². The molecule has 0 fully saturated rings. The molecule has 0 spiro atoms. The van der Waals surface area contributed by atoms with Crippen LogP contribution in [-0.4, -0.2) is 49.4 Å². The third-order valence-corrected chi connectivity index (χ3v) is 4.02. The van der Waals surface area contributed by atoms with Gasteiger partial charge in [-0.1, -0.05) is 30.3 Å². The van der Waals surface area contributed by atoms with Crippen LogP contribution in [0.5, 0.6) is 0 Å². The van der Waals surface area contributed by atoms with Gasteiger partial charge in [0.25, 0.3) is 0 Å². The number of imidazole rings is 1. The highest BCUT2D eigenvalue weighted by atomic mass is 16.3. The zero-order chi connectivity index (χ0) is 18.5. The van der Waals surface area contributed by atoms with Gasteiger partial charge in [0.15, 0.2) is 17.0 Å². The Morgan fingerprint density at radius 2 is 1.88 bits per heavy atom. The number of aromatic nitrogens is 4. The van der Waals surface area contributed by atoms with Gasteiger partial charge < -0.3 is 25.4 Å². The lowest BCUT2D eigenvalue weighted by molar-refractivity contribution is 0.191. The molecule has 0 aliphatic carbocycles. The van der Waals surface area contributed by atoms with Crippen LogP contribution in [0.15, 0.2) is 36.7 Å². The molecule has 3 rings (SSSR count). The number of rotatable bonds is 8. The Labute approximate surface area is 151 Å². The number of nitrogens with one attached hydrogen (secondary N) is 2. The molecule has 1 atom stereocenters. The van der Waals surface area contributed by atoms with E-state index in [1.165, 1.54) is 0 Å². The van der Waals surface area contributed by atoms with Crippen molar-refractivity contribution in [2.75, 3.05) is 30.3 Å². The Morgan fingerprint density at radius 3 is 2.58 bits per heavy atom. The second kappa shape index (κ2) is 8.11. The summed E-state index contributed by atoms with van der Waals surface area (Å²) >= 11 is 0. The van der Waals surface area contributed by atoms with Gasteiger partial charge in [0.1, 0.15) is 0 Å². The third-order valence-electron chi connectivity index (χ3n) is 4.02. The molecule has 0 saturated carbocycles. The first-order valence-corrected chi connectivity index (χ1v) is 8.66. The number of hydrogen-bond donors (Lipinski definition) is 4. The van der Waals surface area contributed by atoms with Gasteiger partial charge in [-0.25, -0.2) is 4.98 Å². The smallest absolute Gasteiger partial charge is 0.226 e. The SMILES string of the molecule is CC(C)n1cnc2c(NC[C@@H](O)c3ccccc3)nc(NCCO)nc21. The van der Waals surface area contributed by atoms with Crippen molar-refractivity contribution in [3.05, 3.63) is 42.2 Å². The number of hydrogen-bond acceptors (Lipinski definition) is 7. The maximum Gasteiger partial charge on any atom is 0.226 e. The van der Waals surface area contributed by atoms with E-state index in [1.54, 1.807) is 6.33 Å². The highest BCUT2D eigenvalue weighted by molar-refractivity contribution is 5.84. The van der Waals surface area contributed by atoms with Crippen molar-refractivity contribution >= 4 is 22.9 Å². The average molecular weight is 356 g/mol. The second-order valence-corrected chi connectivity index (χ2v) is 6.27. The molecule has 2 heterocycles. The Kier molecular flexibility index (Phi) is 5.65. The number of nitrogens with zero attached hydrogens (tertiary/aromatic N) is 4. The summed E-state index contributed by atoms with van der Waals surface area (Å²) in [7, 11) is 0. The summed E-state index contributed by atoms with van der Waals surface area (Å²) in [5.41, 5.74) is 2.18. The Balaban J connectivity index is 1.88. The topological polar surface area (TPSA) is 108 Å². The van der Waals surface area contributed by atoms with E-state index in [4.69, 9.17) is 5.11 Å². The average Bonchev–Trinajstić information content (AvgIpc) is 3.09. The molecule has 1 aromatic carbocycles. The van der Waals surface area contributed by atoms with Crippen LogP contribution >= 0.6 is 0 Å². The van der Waals surface area contributed by atoms with E-state index in [2.05, 4.69) is 39.4 Å². The quantitative estimate of drug-likeness (QED) is 0.488. The van der Waals surface area contributed by atoms with Crippen molar-refractivity contribution in [1.29, 1.82) is 0 Å². The Morgan fingerprint density at radius 1 is 1.12 bits per heavy atom. The van der Waals surface area contributed by atoms with E-state index in [1.807, 2.05) is 34.9 Å². The number of fused-ring (bicyclic) bond motifs is 1. The Bertz CT molecular complexity index is 850. The van der Waals surface area contributed by atoms with Gasteiger partial charge in [-0.15, -0.1) is 0 Å². The van der Waals surface area contributed by atoms with Gasteiger partial charge in [0.2, 0.25) is 5.95 Å². The highest BCUT2D eigenvalue weighted by Crippen LogP contribution is 2.24. The van der Waals surface area contributed by atoms with E-state index in [9.17, 15) is 5.11 Å². The first kappa shape index (κ1) is 18.1. The molecule has 0 radical (unpaired) electrons. The van der Waals surface area contributed by atoms with Crippen LogP contribution in [0.25, 0.3) is 11.2 Å². The van der Waals surface area contributed by atoms with Gasteiger partial charge in [-0.05, 0) is 19.4 Å². The van der Waals surface area contributed by atoms with Crippen LogP contribution in [0, 0.1) is 0 Å². The third kappa shape index (κ3) is 3.92. The van der Waals surface area contributed by atoms with E-state index < -0.39 is 6.10 Å². The fourth-order valence-electron chi connectivity index (χ4n) is 2.65. The van der Waals surface area contributed by atoms with E-state index >= 15 is 0 Å². The lowest BCUT2D eigenvalue weighted by Crippen LogP contribution is -2.15. The number of aliphatic hydroxyl groups excluding tert-OH is 2.